The van der Waals surface area contributed by atoms with Gasteiger partial charge in [0.2, 0.25) is 0 Å². The molecule has 33 heavy (non-hydrogen) atoms. The third-order valence-electron chi connectivity index (χ3n) is 5.96. The van der Waals surface area contributed by atoms with Gasteiger partial charge in [-0.15, -0.1) is 0 Å². The molecule has 0 spiro atoms. The molecule has 174 valence electrons. The van der Waals surface area contributed by atoms with E-state index in [1.165, 1.54) is 18.7 Å². The highest BCUT2D eigenvalue weighted by molar-refractivity contribution is 6.21. The first kappa shape index (κ1) is 24.5. The molecule has 1 aliphatic rings. The highest BCUT2D eigenvalue weighted by Gasteiger charge is 2.35. The first-order valence-corrected chi connectivity index (χ1v) is 11.1. The molecule has 0 bridgehead atoms. The fourth-order valence-electron chi connectivity index (χ4n) is 4.29. The minimum absolute atomic E-state index is 0.0638. The molecule has 0 aliphatic carbocycles. The van der Waals surface area contributed by atoms with E-state index in [-0.39, 0.29) is 35.9 Å². The molecule has 2 aromatic carbocycles. The van der Waals surface area contributed by atoms with E-state index in [9.17, 15) is 24.3 Å². The van der Waals surface area contributed by atoms with Crippen LogP contribution in [0.1, 0.15) is 68.1 Å². The number of carbonyl (C=O) groups is 4. The zero-order valence-corrected chi connectivity index (χ0v) is 19.6. The molecule has 0 saturated carbocycles. The molecule has 0 saturated heterocycles. The van der Waals surface area contributed by atoms with Crippen molar-refractivity contribution in [3.8, 4) is 11.1 Å². The predicted molar refractivity (Wildman–Crippen MR) is 126 cm³/mol. The number of fused-ring (bicyclic) bond motifs is 1. The number of aliphatic hydroxyl groups excluding tert-OH is 1. The number of amides is 2. The SMILES string of the molecule is CC(=O)c1ccc(-c2ccc3c(c2)C(=O)N(CCCC(CO)CN(C)C)C3=O)cc1C(C)=O. The van der Waals surface area contributed by atoms with Crippen molar-refractivity contribution in [3.63, 3.8) is 0 Å². The topological polar surface area (TPSA) is 95.0 Å². The van der Waals surface area contributed by atoms with Crippen molar-refractivity contribution in [2.75, 3.05) is 33.8 Å². The van der Waals surface area contributed by atoms with Gasteiger partial charge in [-0.05, 0) is 76.0 Å². The van der Waals surface area contributed by atoms with Gasteiger partial charge in [-0.2, -0.15) is 0 Å². The zero-order chi connectivity index (χ0) is 24.3. The van der Waals surface area contributed by atoms with Gasteiger partial charge in [-0.3, -0.25) is 24.1 Å². The van der Waals surface area contributed by atoms with Gasteiger partial charge in [-0.1, -0.05) is 18.2 Å². The average molecular weight is 451 g/mol. The van der Waals surface area contributed by atoms with E-state index in [0.717, 1.165) is 6.54 Å². The van der Waals surface area contributed by atoms with Gasteiger partial charge in [0.05, 0.1) is 11.1 Å². The van der Waals surface area contributed by atoms with E-state index in [1.54, 1.807) is 36.4 Å². The molecular weight excluding hydrogens is 420 g/mol. The van der Waals surface area contributed by atoms with Crippen LogP contribution in [0.3, 0.4) is 0 Å². The normalized spacial score (nSPS) is 14.1. The average Bonchev–Trinajstić information content (AvgIpc) is 3.01. The third-order valence-corrected chi connectivity index (χ3v) is 5.96. The van der Waals surface area contributed by atoms with Crippen LogP contribution >= 0.6 is 0 Å². The minimum Gasteiger partial charge on any atom is -0.396 e. The van der Waals surface area contributed by atoms with E-state index in [1.807, 2.05) is 19.0 Å². The lowest BCUT2D eigenvalue weighted by Crippen LogP contribution is -2.32. The summed E-state index contributed by atoms with van der Waals surface area (Å²) in [7, 11) is 3.88. The van der Waals surface area contributed by atoms with Crippen molar-refractivity contribution >= 4 is 23.4 Å². The molecule has 1 atom stereocenters. The molecule has 1 N–H and O–H groups in total. The monoisotopic (exact) mass is 450 g/mol. The summed E-state index contributed by atoms with van der Waals surface area (Å²) in [6.07, 6.45) is 1.33. The number of rotatable bonds is 10. The second kappa shape index (κ2) is 10.2. The highest BCUT2D eigenvalue weighted by Crippen LogP contribution is 2.30. The molecule has 1 heterocycles. The maximum atomic E-state index is 13.0. The molecular formula is C26H30N2O5. The summed E-state index contributed by atoms with van der Waals surface area (Å²) < 4.78 is 0. The number of hydrogen-bond acceptors (Lipinski definition) is 6. The molecule has 1 aliphatic heterocycles. The lowest BCUT2D eigenvalue weighted by atomic mass is 9.94. The summed E-state index contributed by atoms with van der Waals surface area (Å²) in [5.41, 5.74) is 2.79. The van der Waals surface area contributed by atoms with Crippen molar-refractivity contribution in [1.82, 2.24) is 9.80 Å². The van der Waals surface area contributed by atoms with E-state index in [0.29, 0.717) is 52.8 Å². The molecule has 0 radical (unpaired) electrons. The van der Waals surface area contributed by atoms with Gasteiger partial charge >= 0.3 is 0 Å². The van der Waals surface area contributed by atoms with Gasteiger partial charge in [-0.25, -0.2) is 0 Å². The van der Waals surface area contributed by atoms with E-state index in [4.69, 9.17) is 0 Å². The van der Waals surface area contributed by atoms with Crippen LogP contribution in [0, 0.1) is 5.92 Å². The van der Waals surface area contributed by atoms with Crippen molar-refractivity contribution in [2.45, 2.75) is 26.7 Å². The number of carbonyl (C=O) groups excluding carboxylic acids is 4. The predicted octanol–water partition coefficient (Wildman–Crippen LogP) is 3.31. The summed E-state index contributed by atoms with van der Waals surface area (Å²) in [5, 5.41) is 9.54. The lowest BCUT2D eigenvalue weighted by molar-refractivity contribution is 0.0646. The summed E-state index contributed by atoms with van der Waals surface area (Å²) in [6.45, 7) is 3.93. The Labute approximate surface area is 194 Å². The molecule has 7 heteroatoms. The summed E-state index contributed by atoms with van der Waals surface area (Å²) >= 11 is 0. The number of hydrogen-bond donors (Lipinski definition) is 1. The Morgan fingerprint density at radius 1 is 0.909 bits per heavy atom. The first-order chi connectivity index (χ1) is 15.6. The van der Waals surface area contributed by atoms with Gasteiger partial charge in [0.15, 0.2) is 11.6 Å². The molecule has 1 unspecified atom stereocenters. The smallest absolute Gasteiger partial charge is 0.261 e. The lowest BCUT2D eigenvalue weighted by Gasteiger charge is -2.20. The molecule has 2 amide bonds. The van der Waals surface area contributed by atoms with Crippen LogP contribution in [-0.4, -0.2) is 72.1 Å². The van der Waals surface area contributed by atoms with Crippen LogP contribution in [0.5, 0.6) is 0 Å². The Bertz CT molecular complexity index is 1110. The Kier molecular flexibility index (Phi) is 7.56. The maximum Gasteiger partial charge on any atom is 0.261 e. The van der Waals surface area contributed by atoms with Crippen LogP contribution in [0.15, 0.2) is 36.4 Å². The number of nitrogens with zero attached hydrogens (tertiary/aromatic N) is 2. The van der Waals surface area contributed by atoms with Crippen LogP contribution in [-0.2, 0) is 0 Å². The van der Waals surface area contributed by atoms with E-state index < -0.39 is 0 Å². The minimum atomic E-state index is -0.336. The Morgan fingerprint density at radius 3 is 2.12 bits per heavy atom. The molecule has 3 rings (SSSR count). The number of benzene rings is 2. The van der Waals surface area contributed by atoms with Crippen LogP contribution in [0.4, 0.5) is 0 Å². The second-order valence-corrected chi connectivity index (χ2v) is 8.85. The fraction of sp³-hybridized carbons (Fsp3) is 0.385. The highest BCUT2D eigenvalue weighted by atomic mass is 16.3. The quantitative estimate of drug-likeness (QED) is 0.441. The Morgan fingerprint density at radius 2 is 1.52 bits per heavy atom. The summed E-state index contributed by atoms with van der Waals surface area (Å²) in [6, 6.07) is 10.1. The van der Waals surface area contributed by atoms with Gasteiger partial charge in [0.25, 0.3) is 11.8 Å². The largest absolute Gasteiger partial charge is 0.396 e. The van der Waals surface area contributed by atoms with Crippen LogP contribution in [0.2, 0.25) is 0 Å². The summed E-state index contributed by atoms with van der Waals surface area (Å²) in [5.74, 6) is -0.958. The maximum absolute atomic E-state index is 13.0. The zero-order valence-electron chi connectivity index (χ0n) is 19.6. The number of imide groups is 1. The first-order valence-electron chi connectivity index (χ1n) is 11.1. The van der Waals surface area contributed by atoms with Crippen molar-refractivity contribution in [1.29, 1.82) is 0 Å². The summed E-state index contributed by atoms with van der Waals surface area (Å²) in [4.78, 5) is 52.9. The van der Waals surface area contributed by atoms with Crippen molar-refractivity contribution < 1.29 is 24.3 Å². The Hall–Kier alpha value is -3.16. The van der Waals surface area contributed by atoms with E-state index >= 15 is 0 Å². The number of Topliss-reactive ketones (excluding diaryl/α,β-unsaturated/α-hetero) is 2. The number of ketones is 2. The second-order valence-electron chi connectivity index (χ2n) is 8.85. The van der Waals surface area contributed by atoms with Crippen LogP contribution < -0.4 is 0 Å². The third kappa shape index (κ3) is 5.26. The molecule has 0 fully saturated rings. The molecule has 2 aromatic rings. The van der Waals surface area contributed by atoms with Gasteiger partial charge in [0.1, 0.15) is 0 Å². The Balaban J connectivity index is 1.80. The van der Waals surface area contributed by atoms with Crippen LogP contribution in [0.25, 0.3) is 11.1 Å². The molecule has 0 aromatic heterocycles. The van der Waals surface area contributed by atoms with E-state index in [2.05, 4.69) is 0 Å². The number of aliphatic hydroxyl groups is 1. The van der Waals surface area contributed by atoms with Crippen molar-refractivity contribution in [3.05, 3.63) is 58.7 Å². The molecule has 7 nitrogen and oxygen atoms in total. The van der Waals surface area contributed by atoms with Gasteiger partial charge < -0.3 is 10.0 Å². The fourth-order valence-corrected chi connectivity index (χ4v) is 4.29. The standard InChI is InChI=1S/C26H30N2O5/c1-16(30)21-9-7-19(12-23(21)17(2)31)20-8-10-22-24(13-20)26(33)28(25(22)32)11-5-6-18(15-29)14-27(3)4/h7-10,12-13,18,29H,5-6,11,14-15H2,1-4H3. The van der Waals surface area contributed by atoms with Crippen molar-refractivity contribution in [2.24, 2.45) is 5.92 Å². The van der Waals surface area contributed by atoms with Gasteiger partial charge in [0, 0.05) is 30.8 Å².